The third-order valence-electron chi connectivity index (χ3n) is 5.25. The lowest BCUT2D eigenvalue weighted by molar-refractivity contribution is -0.139. The third-order valence-corrected chi connectivity index (χ3v) is 7.07. The van der Waals surface area contributed by atoms with Gasteiger partial charge in [0, 0.05) is 27.2 Å². The molecule has 8 nitrogen and oxygen atoms in total. The van der Waals surface area contributed by atoms with Crippen molar-refractivity contribution in [2.45, 2.75) is 39.8 Å². The number of para-hydroxylation sites is 1. The molecule has 2 amide bonds. The lowest BCUT2D eigenvalue weighted by Crippen LogP contribution is -2.52. The second-order valence-electron chi connectivity index (χ2n) is 8.11. The van der Waals surface area contributed by atoms with Crippen molar-refractivity contribution in [3.8, 4) is 0 Å². The van der Waals surface area contributed by atoms with Crippen molar-refractivity contribution in [2.24, 2.45) is 0 Å². The van der Waals surface area contributed by atoms with Crippen LogP contribution in [0.4, 0.5) is 5.69 Å². The Bertz CT molecular complexity index is 1020. The van der Waals surface area contributed by atoms with Gasteiger partial charge in [-0.1, -0.05) is 55.0 Å². The van der Waals surface area contributed by atoms with Gasteiger partial charge in [0.1, 0.15) is 12.6 Å². The van der Waals surface area contributed by atoms with Gasteiger partial charge in [0.2, 0.25) is 11.8 Å². The molecule has 0 bridgehead atoms. The van der Waals surface area contributed by atoms with Gasteiger partial charge in [0.05, 0.1) is 5.69 Å². The molecule has 2 aromatic rings. The van der Waals surface area contributed by atoms with Crippen molar-refractivity contribution in [1.82, 2.24) is 14.5 Å². The fourth-order valence-corrected chi connectivity index (χ4v) is 4.24. The molecule has 1 N–H and O–H groups in total. The lowest BCUT2D eigenvalue weighted by Gasteiger charge is -2.32. The van der Waals surface area contributed by atoms with Crippen molar-refractivity contribution in [3.05, 3.63) is 65.7 Å². The summed E-state index contributed by atoms with van der Waals surface area (Å²) in [5, 5.41) is 2.82. The minimum absolute atomic E-state index is 0.185. The number of carbonyl (C=O) groups is 2. The maximum Gasteiger partial charge on any atom is 0.304 e. The number of hydrogen-bond acceptors (Lipinski definition) is 4. The number of amides is 2. The van der Waals surface area contributed by atoms with E-state index in [1.807, 2.05) is 38.1 Å². The molecule has 0 aliphatic carbocycles. The number of nitrogens with zero attached hydrogens (tertiary/aromatic N) is 3. The monoisotopic (exact) mass is 474 g/mol. The van der Waals surface area contributed by atoms with Crippen molar-refractivity contribution in [2.75, 3.05) is 31.5 Å². The minimum Gasteiger partial charge on any atom is -0.354 e. The van der Waals surface area contributed by atoms with E-state index in [0.717, 1.165) is 26.2 Å². The molecule has 0 heterocycles. The highest BCUT2D eigenvalue weighted by atomic mass is 32.2. The van der Waals surface area contributed by atoms with Crippen LogP contribution in [0.3, 0.4) is 0 Å². The molecule has 0 saturated carbocycles. The Morgan fingerprint density at radius 2 is 1.61 bits per heavy atom. The van der Waals surface area contributed by atoms with Gasteiger partial charge < -0.3 is 10.2 Å². The SMILES string of the molecule is CCCNC(=O)[C@H](C)N(Cc1ccc(C)cc1)C(=O)CN(c1ccccc1)S(=O)(=O)N(C)C. The molecule has 0 fully saturated rings. The fourth-order valence-electron chi connectivity index (χ4n) is 3.18. The Morgan fingerprint density at radius 1 is 1.00 bits per heavy atom. The second-order valence-corrected chi connectivity index (χ2v) is 10.2. The number of rotatable bonds is 11. The van der Waals surface area contributed by atoms with Crippen LogP contribution >= 0.6 is 0 Å². The zero-order chi connectivity index (χ0) is 24.6. The zero-order valence-corrected chi connectivity index (χ0v) is 20.8. The van der Waals surface area contributed by atoms with Crippen LogP contribution in [-0.4, -0.2) is 62.7 Å². The second kappa shape index (κ2) is 11.8. The van der Waals surface area contributed by atoms with Crippen LogP contribution < -0.4 is 9.62 Å². The zero-order valence-electron chi connectivity index (χ0n) is 20.0. The molecule has 2 aromatic carbocycles. The van der Waals surface area contributed by atoms with Gasteiger partial charge in [-0.25, -0.2) is 4.31 Å². The van der Waals surface area contributed by atoms with Gasteiger partial charge >= 0.3 is 10.2 Å². The van der Waals surface area contributed by atoms with Crippen molar-refractivity contribution in [1.29, 1.82) is 0 Å². The molecule has 0 radical (unpaired) electrons. The number of benzene rings is 2. The maximum absolute atomic E-state index is 13.5. The molecule has 0 unspecified atom stereocenters. The summed E-state index contributed by atoms with van der Waals surface area (Å²) in [4.78, 5) is 27.6. The number of nitrogens with one attached hydrogen (secondary N) is 1. The topological polar surface area (TPSA) is 90.0 Å². The summed E-state index contributed by atoms with van der Waals surface area (Å²) in [6.45, 7) is 5.83. The average Bonchev–Trinajstić information content (AvgIpc) is 2.80. The van der Waals surface area contributed by atoms with E-state index < -0.39 is 28.7 Å². The first-order chi connectivity index (χ1) is 15.6. The van der Waals surface area contributed by atoms with E-state index in [4.69, 9.17) is 0 Å². The van der Waals surface area contributed by atoms with Gasteiger partial charge in [-0.15, -0.1) is 0 Å². The fraction of sp³-hybridized carbons (Fsp3) is 0.417. The highest BCUT2D eigenvalue weighted by molar-refractivity contribution is 7.90. The van der Waals surface area contributed by atoms with E-state index in [1.165, 1.54) is 19.0 Å². The summed E-state index contributed by atoms with van der Waals surface area (Å²) < 4.78 is 28.2. The molecular formula is C24H34N4O4S. The molecule has 1 atom stereocenters. The summed E-state index contributed by atoms with van der Waals surface area (Å²) in [5.74, 6) is -0.747. The first-order valence-corrected chi connectivity index (χ1v) is 12.4. The lowest BCUT2D eigenvalue weighted by atomic mass is 10.1. The van der Waals surface area contributed by atoms with Crippen LogP contribution in [0.15, 0.2) is 54.6 Å². The van der Waals surface area contributed by atoms with E-state index in [9.17, 15) is 18.0 Å². The molecule has 33 heavy (non-hydrogen) atoms. The number of aryl methyl sites for hydroxylation is 1. The van der Waals surface area contributed by atoms with Gasteiger partial charge in [0.25, 0.3) is 0 Å². The smallest absolute Gasteiger partial charge is 0.304 e. The van der Waals surface area contributed by atoms with Crippen LogP contribution in [0.1, 0.15) is 31.4 Å². The Hall–Kier alpha value is -2.91. The highest BCUT2D eigenvalue weighted by Crippen LogP contribution is 2.20. The van der Waals surface area contributed by atoms with Crippen molar-refractivity contribution >= 4 is 27.7 Å². The largest absolute Gasteiger partial charge is 0.354 e. The number of anilines is 1. The standard InChI is InChI=1S/C24H34N4O4S/c1-6-16-25-24(30)20(3)27(17-21-14-12-19(2)13-15-21)23(29)18-28(33(31,32)26(4)5)22-10-8-7-9-11-22/h7-15,20H,6,16-18H2,1-5H3,(H,25,30)/t20-/m0/s1. The van der Waals surface area contributed by atoms with Gasteiger partial charge in [-0.05, 0) is 38.0 Å². The molecule has 0 aliphatic heterocycles. The average molecular weight is 475 g/mol. The third kappa shape index (κ3) is 7.03. The van der Waals surface area contributed by atoms with Gasteiger partial charge in [0.15, 0.2) is 0 Å². The molecule has 180 valence electrons. The van der Waals surface area contributed by atoms with E-state index in [0.29, 0.717) is 12.2 Å². The molecule has 0 saturated heterocycles. The molecule has 9 heteroatoms. The molecular weight excluding hydrogens is 440 g/mol. The summed E-state index contributed by atoms with van der Waals surface area (Å²) in [5.41, 5.74) is 2.31. The Balaban J connectivity index is 2.39. The summed E-state index contributed by atoms with van der Waals surface area (Å²) in [7, 11) is -1.11. The Labute approximate surface area is 197 Å². The highest BCUT2D eigenvalue weighted by Gasteiger charge is 2.32. The molecule has 0 aliphatic rings. The van der Waals surface area contributed by atoms with E-state index in [-0.39, 0.29) is 12.5 Å². The van der Waals surface area contributed by atoms with Crippen LogP contribution in [0.2, 0.25) is 0 Å². The van der Waals surface area contributed by atoms with Crippen LogP contribution in [0.5, 0.6) is 0 Å². The normalized spacial score (nSPS) is 12.3. The van der Waals surface area contributed by atoms with E-state index >= 15 is 0 Å². The van der Waals surface area contributed by atoms with Crippen LogP contribution in [-0.2, 0) is 26.3 Å². The predicted octanol–water partition coefficient (Wildman–Crippen LogP) is 2.55. The van der Waals surface area contributed by atoms with E-state index in [1.54, 1.807) is 37.3 Å². The maximum atomic E-state index is 13.5. The van der Waals surface area contributed by atoms with Gasteiger partial charge in [-0.2, -0.15) is 12.7 Å². The summed E-state index contributed by atoms with van der Waals surface area (Å²) in [6.07, 6.45) is 0.771. The van der Waals surface area contributed by atoms with Gasteiger partial charge in [-0.3, -0.25) is 9.59 Å². The van der Waals surface area contributed by atoms with Crippen LogP contribution in [0.25, 0.3) is 0 Å². The first-order valence-electron chi connectivity index (χ1n) is 11.0. The van der Waals surface area contributed by atoms with Crippen molar-refractivity contribution in [3.63, 3.8) is 0 Å². The summed E-state index contributed by atoms with van der Waals surface area (Å²) >= 11 is 0. The quantitative estimate of drug-likeness (QED) is 0.542. The predicted molar refractivity (Wildman–Crippen MR) is 131 cm³/mol. The Kier molecular flexibility index (Phi) is 9.43. The summed E-state index contributed by atoms with van der Waals surface area (Å²) in [6, 6.07) is 15.4. The number of hydrogen-bond donors (Lipinski definition) is 1. The molecule has 2 rings (SSSR count). The van der Waals surface area contributed by atoms with Crippen molar-refractivity contribution < 1.29 is 18.0 Å². The van der Waals surface area contributed by atoms with Crippen LogP contribution in [0, 0.1) is 6.92 Å². The first kappa shape index (κ1) is 26.3. The number of carbonyl (C=O) groups excluding carboxylic acids is 2. The molecule has 0 aromatic heterocycles. The minimum atomic E-state index is -3.94. The Morgan fingerprint density at radius 3 is 2.15 bits per heavy atom. The molecule has 0 spiro atoms. The van der Waals surface area contributed by atoms with E-state index in [2.05, 4.69) is 5.32 Å².